The van der Waals surface area contributed by atoms with E-state index in [1.807, 2.05) is 31.2 Å². The Hall–Kier alpha value is -1.10. The van der Waals surface area contributed by atoms with E-state index < -0.39 is 0 Å². The number of hydrogen-bond acceptors (Lipinski definition) is 3. The molecule has 2 aromatic rings. The van der Waals surface area contributed by atoms with Gasteiger partial charge in [0.15, 0.2) is 0 Å². The molecule has 0 bridgehead atoms. The Morgan fingerprint density at radius 3 is 2.52 bits per heavy atom. The second kappa shape index (κ2) is 8.37. The van der Waals surface area contributed by atoms with Gasteiger partial charge in [-0.3, -0.25) is 0 Å². The van der Waals surface area contributed by atoms with E-state index in [1.54, 1.807) is 6.26 Å². The fourth-order valence-electron chi connectivity index (χ4n) is 2.37. The monoisotopic (exact) mass is 351 g/mol. The molecule has 4 heteroatoms. The van der Waals surface area contributed by atoms with Gasteiger partial charge in [-0.05, 0) is 47.4 Å². The largest absolute Gasteiger partial charge is 0.466 e. The summed E-state index contributed by atoms with van der Waals surface area (Å²) in [5, 5.41) is 3.55. The van der Waals surface area contributed by atoms with Crippen molar-refractivity contribution in [1.29, 1.82) is 0 Å². The van der Waals surface area contributed by atoms with Crippen LogP contribution in [-0.4, -0.2) is 13.2 Å². The van der Waals surface area contributed by atoms with Crippen molar-refractivity contribution in [2.24, 2.45) is 0 Å². The number of halogens is 1. The normalized spacial score (nSPS) is 14.0. The van der Waals surface area contributed by atoms with E-state index in [0.717, 1.165) is 28.8 Å². The fourth-order valence-corrected chi connectivity index (χ4v) is 2.82. The zero-order valence-electron chi connectivity index (χ0n) is 12.5. The molecule has 2 rings (SSSR count). The van der Waals surface area contributed by atoms with Crippen molar-refractivity contribution in [3.05, 3.63) is 58.5 Å². The highest BCUT2D eigenvalue weighted by Gasteiger charge is 2.28. The maximum Gasteiger partial charge on any atom is 0.137 e. The molecule has 0 radical (unpaired) electrons. The molecule has 2 unspecified atom stereocenters. The Bertz CT molecular complexity index is 527. The van der Waals surface area contributed by atoms with Crippen LogP contribution < -0.4 is 5.32 Å². The lowest BCUT2D eigenvalue weighted by atomic mass is 10.00. The number of nitrogens with one attached hydrogen (secondary N) is 1. The number of furan rings is 1. The number of rotatable bonds is 8. The van der Waals surface area contributed by atoms with Crippen LogP contribution >= 0.6 is 15.9 Å². The topological polar surface area (TPSA) is 34.4 Å². The summed E-state index contributed by atoms with van der Waals surface area (Å²) in [6.07, 6.45) is 2.68. The molecule has 1 N–H and O–H groups in total. The highest BCUT2D eigenvalue weighted by atomic mass is 79.9. The standard InChI is InChI=1S/C17H22BrNO2/c1-3-11-19-15(17-14(18)10-12-21-17)16(20-4-2)13-8-6-5-7-9-13/h5-10,12,15-16,19H,3-4,11H2,1-2H3. The van der Waals surface area contributed by atoms with Gasteiger partial charge in [-0.2, -0.15) is 0 Å². The summed E-state index contributed by atoms with van der Waals surface area (Å²) >= 11 is 3.56. The summed E-state index contributed by atoms with van der Waals surface area (Å²) in [4.78, 5) is 0. The molecule has 0 aliphatic heterocycles. The number of ether oxygens (including phenoxy) is 1. The van der Waals surface area contributed by atoms with Crippen molar-refractivity contribution in [1.82, 2.24) is 5.32 Å². The quantitative estimate of drug-likeness (QED) is 0.737. The van der Waals surface area contributed by atoms with Gasteiger partial charge < -0.3 is 14.5 Å². The lowest BCUT2D eigenvalue weighted by Gasteiger charge is -2.27. The Balaban J connectivity index is 2.33. The van der Waals surface area contributed by atoms with Gasteiger partial charge in [-0.25, -0.2) is 0 Å². The van der Waals surface area contributed by atoms with Crippen molar-refractivity contribution in [3.63, 3.8) is 0 Å². The summed E-state index contributed by atoms with van der Waals surface area (Å²) in [5.41, 5.74) is 1.15. The average molecular weight is 352 g/mol. The van der Waals surface area contributed by atoms with Crippen LogP contribution in [-0.2, 0) is 4.74 Å². The van der Waals surface area contributed by atoms with Gasteiger partial charge in [-0.1, -0.05) is 37.3 Å². The van der Waals surface area contributed by atoms with Gasteiger partial charge in [0.1, 0.15) is 11.9 Å². The molecule has 0 saturated heterocycles. The number of benzene rings is 1. The minimum Gasteiger partial charge on any atom is -0.466 e. The zero-order valence-corrected chi connectivity index (χ0v) is 14.1. The third-order valence-corrected chi connectivity index (χ3v) is 3.97. The molecule has 0 fully saturated rings. The molecule has 0 aliphatic rings. The highest BCUT2D eigenvalue weighted by molar-refractivity contribution is 9.10. The SMILES string of the molecule is CCCNC(c1occc1Br)C(OCC)c1ccccc1. The van der Waals surface area contributed by atoms with Crippen LogP contribution in [0.3, 0.4) is 0 Å². The molecular formula is C17H22BrNO2. The predicted molar refractivity (Wildman–Crippen MR) is 88.3 cm³/mol. The zero-order chi connectivity index (χ0) is 15.1. The van der Waals surface area contributed by atoms with Gasteiger partial charge in [0.25, 0.3) is 0 Å². The second-order valence-corrected chi connectivity index (χ2v) is 5.71. The van der Waals surface area contributed by atoms with E-state index in [-0.39, 0.29) is 12.1 Å². The van der Waals surface area contributed by atoms with Crippen molar-refractivity contribution in [2.45, 2.75) is 32.4 Å². The van der Waals surface area contributed by atoms with Crippen molar-refractivity contribution in [2.75, 3.05) is 13.2 Å². The molecule has 3 nitrogen and oxygen atoms in total. The number of hydrogen-bond donors (Lipinski definition) is 1. The molecule has 0 aliphatic carbocycles. The maximum absolute atomic E-state index is 6.02. The maximum atomic E-state index is 6.02. The van der Waals surface area contributed by atoms with Crippen molar-refractivity contribution < 1.29 is 9.15 Å². The molecule has 2 atom stereocenters. The second-order valence-electron chi connectivity index (χ2n) is 4.85. The molecule has 21 heavy (non-hydrogen) atoms. The summed E-state index contributed by atoms with van der Waals surface area (Å²) in [6.45, 7) is 5.74. The lowest BCUT2D eigenvalue weighted by Crippen LogP contribution is -2.29. The van der Waals surface area contributed by atoms with E-state index in [1.165, 1.54) is 0 Å². The van der Waals surface area contributed by atoms with Crippen LogP contribution in [0.2, 0.25) is 0 Å². The molecule has 1 aromatic heterocycles. The smallest absolute Gasteiger partial charge is 0.137 e. The van der Waals surface area contributed by atoms with Gasteiger partial charge in [0.2, 0.25) is 0 Å². The lowest BCUT2D eigenvalue weighted by molar-refractivity contribution is 0.0267. The van der Waals surface area contributed by atoms with E-state index >= 15 is 0 Å². The molecule has 0 saturated carbocycles. The Morgan fingerprint density at radius 1 is 1.19 bits per heavy atom. The van der Waals surface area contributed by atoms with Crippen molar-refractivity contribution in [3.8, 4) is 0 Å². The van der Waals surface area contributed by atoms with Crippen LogP contribution in [0.25, 0.3) is 0 Å². The molecule has 114 valence electrons. The third-order valence-electron chi connectivity index (χ3n) is 3.32. The van der Waals surface area contributed by atoms with E-state index in [9.17, 15) is 0 Å². The van der Waals surface area contributed by atoms with Gasteiger partial charge in [0.05, 0.1) is 16.8 Å². The molecule has 0 spiro atoms. The van der Waals surface area contributed by atoms with E-state index in [4.69, 9.17) is 9.15 Å². The highest BCUT2D eigenvalue weighted by Crippen LogP contribution is 2.36. The van der Waals surface area contributed by atoms with Gasteiger partial charge in [-0.15, -0.1) is 0 Å². The first-order chi connectivity index (χ1) is 10.3. The predicted octanol–water partition coefficient (Wildman–Crippen LogP) is 4.86. The van der Waals surface area contributed by atoms with Crippen LogP contribution in [0.4, 0.5) is 0 Å². The Morgan fingerprint density at radius 2 is 1.95 bits per heavy atom. The fraction of sp³-hybridized carbons (Fsp3) is 0.412. The molecule has 1 heterocycles. The minimum atomic E-state index is -0.0785. The Kier molecular flexibility index (Phi) is 6.49. The Labute approximate surface area is 134 Å². The van der Waals surface area contributed by atoms with Crippen LogP contribution in [0.5, 0.6) is 0 Å². The van der Waals surface area contributed by atoms with E-state index in [0.29, 0.717) is 6.61 Å². The van der Waals surface area contributed by atoms with Gasteiger partial charge in [0, 0.05) is 6.61 Å². The first-order valence-corrected chi connectivity index (χ1v) is 8.20. The van der Waals surface area contributed by atoms with Crippen LogP contribution in [0, 0.1) is 0 Å². The summed E-state index contributed by atoms with van der Waals surface area (Å²) in [6, 6.07) is 12.2. The average Bonchev–Trinajstić information content (AvgIpc) is 2.93. The molecule has 0 amide bonds. The summed E-state index contributed by atoms with van der Waals surface area (Å²) < 4.78 is 12.7. The van der Waals surface area contributed by atoms with Crippen LogP contribution in [0.15, 0.2) is 51.6 Å². The van der Waals surface area contributed by atoms with Crippen LogP contribution in [0.1, 0.15) is 43.7 Å². The first kappa shape index (κ1) is 16.3. The van der Waals surface area contributed by atoms with E-state index in [2.05, 4.69) is 40.3 Å². The first-order valence-electron chi connectivity index (χ1n) is 7.40. The third kappa shape index (κ3) is 4.19. The molecule has 1 aromatic carbocycles. The summed E-state index contributed by atoms with van der Waals surface area (Å²) in [5.74, 6) is 0.880. The summed E-state index contributed by atoms with van der Waals surface area (Å²) in [7, 11) is 0. The van der Waals surface area contributed by atoms with Gasteiger partial charge >= 0.3 is 0 Å². The molecular weight excluding hydrogens is 330 g/mol. The minimum absolute atomic E-state index is 0.0170. The van der Waals surface area contributed by atoms with Crippen molar-refractivity contribution >= 4 is 15.9 Å².